The Bertz CT molecular complexity index is 612. The zero-order valence-corrected chi connectivity index (χ0v) is 11.0. The Balaban J connectivity index is 2.19. The number of fused-ring (bicyclic) bond motifs is 1. The molecule has 4 heteroatoms. The van der Waals surface area contributed by atoms with Gasteiger partial charge in [-0.3, -0.25) is 9.36 Å². The Morgan fingerprint density at radius 3 is 2.94 bits per heavy atom. The number of hydrogen-bond donors (Lipinski definition) is 1. The summed E-state index contributed by atoms with van der Waals surface area (Å²) in [5.41, 5.74) is 1.20. The van der Waals surface area contributed by atoms with Crippen molar-refractivity contribution >= 4 is 28.3 Å². The number of aromatic nitrogens is 1. The fourth-order valence-electron chi connectivity index (χ4n) is 2.66. The summed E-state index contributed by atoms with van der Waals surface area (Å²) in [6, 6.07) is 4.28. The van der Waals surface area contributed by atoms with E-state index in [0.29, 0.717) is 6.04 Å². The third-order valence-electron chi connectivity index (χ3n) is 3.55. The van der Waals surface area contributed by atoms with Crippen LogP contribution in [0.2, 0.25) is 5.02 Å². The van der Waals surface area contributed by atoms with Crippen LogP contribution >= 0.6 is 11.6 Å². The molecule has 2 heterocycles. The van der Waals surface area contributed by atoms with E-state index in [2.05, 4.69) is 5.32 Å². The molecule has 18 heavy (non-hydrogen) atoms. The minimum absolute atomic E-state index is 0.0210. The smallest absolute Gasteiger partial charge is 0.227 e. The van der Waals surface area contributed by atoms with Crippen LogP contribution in [0.1, 0.15) is 36.2 Å². The summed E-state index contributed by atoms with van der Waals surface area (Å²) < 4.78 is 1.62. The van der Waals surface area contributed by atoms with Crippen molar-refractivity contribution in [1.82, 2.24) is 9.88 Å². The molecule has 1 atom stereocenters. The van der Waals surface area contributed by atoms with Crippen LogP contribution in [-0.4, -0.2) is 17.0 Å². The van der Waals surface area contributed by atoms with Crippen molar-refractivity contribution < 1.29 is 4.79 Å². The van der Waals surface area contributed by atoms with Gasteiger partial charge < -0.3 is 5.32 Å². The van der Waals surface area contributed by atoms with Crippen molar-refractivity contribution in [2.24, 2.45) is 0 Å². The van der Waals surface area contributed by atoms with E-state index in [1.165, 1.54) is 12.0 Å². The quantitative estimate of drug-likeness (QED) is 0.855. The van der Waals surface area contributed by atoms with Crippen LogP contribution in [-0.2, 0) is 0 Å². The minimum Gasteiger partial charge on any atom is -0.310 e. The van der Waals surface area contributed by atoms with Crippen molar-refractivity contribution in [2.75, 3.05) is 6.54 Å². The van der Waals surface area contributed by atoms with Gasteiger partial charge in [0.05, 0.1) is 0 Å². The molecule has 94 valence electrons. The van der Waals surface area contributed by atoms with E-state index in [9.17, 15) is 4.79 Å². The second kappa shape index (κ2) is 4.41. The molecule has 0 radical (unpaired) electrons. The fourth-order valence-corrected chi connectivity index (χ4v) is 2.90. The molecule has 0 aliphatic carbocycles. The fraction of sp³-hybridized carbons (Fsp3) is 0.357. The molecule has 1 aliphatic rings. The molecule has 0 amide bonds. The van der Waals surface area contributed by atoms with Crippen LogP contribution in [0.25, 0.3) is 10.8 Å². The van der Waals surface area contributed by atoms with Gasteiger partial charge in [0.15, 0.2) is 0 Å². The second-order valence-corrected chi connectivity index (χ2v) is 5.27. The highest BCUT2D eigenvalue weighted by molar-refractivity contribution is 6.31. The van der Waals surface area contributed by atoms with Crippen LogP contribution in [0.3, 0.4) is 0 Å². The van der Waals surface area contributed by atoms with Crippen LogP contribution in [0.5, 0.6) is 0 Å². The molecule has 2 aromatic rings. The summed E-state index contributed by atoms with van der Waals surface area (Å²) in [5, 5.41) is 6.36. The largest absolute Gasteiger partial charge is 0.310 e. The number of nitrogens with zero attached hydrogens (tertiary/aromatic N) is 1. The lowest BCUT2D eigenvalue weighted by Crippen LogP contribution is -2.13. The van der Waals surface area contributed by atoms with Crippen molar-refractivity contribution in [1.29, 1.82) is 0 Å². The van der Waals surface area contributed by atoms with Crippen molar-refractivity contribution in [3.8, 4) is 0 Å². The molecule has 1 aromatic carbocycles. The van der Waals surface area contributed by atoms with Gasteiger partial charge in [-0.2, -0.15) is 0 Å². The predicted molar refractivity (Wildman–Crippen MR) is 73.2 cm³/mol. The SMILES string of the molecule is CC(=O)n1cc2cc(Cl)cc(C3CCCN3)c2c1. The number of rotatable bonds is 1. The molecular weight excluding hydrogens is 248 g/mol. The molecule has 3 rings (SSSR count). The van der Waals surface area contributed by atoms with Gasteiger partial charge in [-0.1, -0.05) is 11.6 Å². The Morgan fingerprint density at radius 2 is 2.28 bits per heavy atom. The van der Waals surface area contributed by atoms with Gasteiger partial charge in [-0.15, -0.1) is 0 Å². The van der Waals surface area contributed by atoms with Crippen molar-refractivity contribution in [2.45, 2.75) is 25.8 Å². The maximum atomic E-state index is 11.4. The number of carbonyl (C=O) groups is 1. The highest BCUT2D eigenvalue weighted by Crippen LogP contribution is 2.33. The summed E-state index contributed by atoms with van der Waals surface area (Å²) in [7, 11) is 0. The second-order valence-electron chi connectivity index (χ2n) is 4.83. The third kappa shape index (κ3) is 1.93. The topological polar surface area (TPSA) is 34.0 Å². The highest BCUT2D eigenvalue weighted by atomic mass is 35.5. The predicted octanol–water partition coefficient (Wildman–Crippen LogP) is 3.38. The molecule has 1 N–H and O–H groups in total. The van der Waals surface area contributed by atoms with Crippen molar-refractivity contribution in [3.05, 3.63) is 35.1 Å². The monoisotopic (exact) mass is 262 g/mol. The van der Waals surface area contributed by atoms with Gasteiger partial charge in [-0.25, -0.2) is 0 Å². The molecule has 3 nitrogen and oxygen atoms in total. The zero-order chi connectivity index (χ0) is 12.7. The molecule has 0 spiro atoms. The average Bonchev–Trinajstić information content (AvgIpc) is 2.96. The minimum atomic E-state index is 0.0210. The molecule has 1 fully saturated rings. The van der Waals surface area contributed by atoms with E-state index in [1.54, 1.807) is 11.5 Å². The first kappa shape index (κ1) is 11.8. The lowest BCUT2D eigenvalue weighted by molar-refractivity contribution is 0.0937. The number of hydrogen-bond acceptors (Lipinski definition) is 2. The Kier molecular flexibility index (Phi) is 2.88. The van der Waals surface area contributed by atoms with Crippen LogP contribution < -0.4 is 5.32 Å². The molecular formula is C14H15ClN2O. The van der Waals surface area contributed by atoms with Gasteiger partial charge in [-0.05, 0) is 37.1 Å². The Labute approximate surface area is 111 Å². The Hall–Kier alpha value is -1.32. The van der Waals surface area contributed by atoms with E-state index < -0.39 is 0 Å². The zero-order valence-electron chi connectivity index (χ0n) is 10.2. The molecule has 0 saturated carbocycles. The van der Waals surface area contributed by atoms with Crippen LogP contribution in [0, 0.1) is 0 Å². The van der Waals surface area contributed by atoms with Gasteiger partial charge >= 0.3 is 0 Å². The molecule has 1 unspecified atom stereocenters. The summed E-state index contributed by atoms with van der Waals surface area (Å²) in [5.74, 6) is 0.0210. The normalized spacial score (nSPS) is 19.6. The maximum Gasteiger partial charge on any atom is 0.227 e. The third-order valence-corrected chi connectivity index (χ3v) is 3.77. The number of halogens is 1. The summed E-state index contributed by atoms with van der Waals surface area (Å²) in [4.78, 5) is 11.4. The standard InChI is InChI=1S/C14H15ClN2O/c1-9(18)17-7-10-5-11(15)6-12(13(10)8-17)14-3-2-4-16-14/h5-8,14,16H,2-4H2,1H3. The van der Waals surface area contributed by atoms with E-state index in [0.717, 1.165) is 28.8 Å². The summed E-state index contributed by atoms with van der Waals surface area (Å²) in [6.07, 6.45) is 6.07. The van der Waals surface area contributed by atoms with Crippen LogP contribution in [0.15, 0.2) is 24.5 Å². The molecule has 1 saturated heterocycles. The Morgan fingerprint density at radius 1 is 1.44 bits per heavy atom. The molecule has 1 aromatic heterocycles. The van der Waals surface area contributed by atoms with E-state index in [4.69, 9.17) is 11.6 Å². The first-order valence-corrected chi connectivity index (χ1v) is 6.58. The molecule has 1 aliphatic heterocycles. The first-order valence-electron chi connectivity index (χ1n) is 6.20. The van der Waals surface area contributed by atoms with Gasteiger partial charge in [0, 0.05) is 41.2 Å². The molecule has 0 bridgehead atoms. The number of carbonyl (C=O) groups excluding carboxylic acids is 1. The summed E-state index contributed by atoms with van der Waals surface area (Å²) in [6.45, 7) is 2.61. The average molecular weight is 263 g/mol. The van der Waals surface area contributed by atoms with E-state index >= 15 is 0 Å². The first-order chi connectivity index (χ1) is 8.65. The van der Waals surface area contributed by atoms with Gasteiger partial charge in [0.25, 0.3) is 0 Å². The number of benzene rings is 1. The lowest BCUT2D eigenvalue weighted by atomic mass is 10.0. The van der Waals surface area contributed by atoms with E-state index in [1.807, 2.05) is 24.5 Å². The van der Waals surface area contributed by atoms with Crippen molar-refractivity contribution in [3.63, 3.8) is 0 Å². The highest BCUT2D eigenvalue weighted by Gasteiger charge is 2.20. The van der Waals surface area contributed by atoms with Gasteiger partial charge in [0.1, 0.15) is 0 Å². The summed E-state index contributed by atoms with van der Waals surface area (Å²) >= 11 is 6.17. The maximum absolute atomic E-state index is 11.4. The lowest BCUT2D eigenvalue weighted by Gasteiger charge is -2.12. The van der Waals surface area contributed by atoms with E-state index in [-0.39, 0.29) is 5.91 Å². The van der Waals surface area contributed by atoms with Gasteiger partial charge in [0.2, 0.25) is 5.91 Å². The van der Waals surface area contributed by atoms with Crippen LogP contribution in [0.4, 0.5) is 0 Å². The number of nitrogens with one attached hydrogen (secondary N) is 1.